The summed E-state index contributed by atoms with van der Waals surface area (Å²) in [6.45, 7) is 1.76. The lowest BCUT2D eigenvalue weighted by molar-refractivity contribution is -0.00588. The van der Waals surface area contributed by atoms with Crippen LogP contribution >= 0.6 is 0 Å². The number of benzene rings is 1. The van der Waals surface area contributed by atoms with Gasteiger partial charge in [0.2, 0.25) is 5.91 Å². The summed E-state index contributed by atoms with van der Waals surface area (Å²) in [7, 11) is 0. The summed E-state index contributed by atoms with van der Waals surface area (Å²) in [6.07, 6.45) is 0. The lowest BCUT2D eigenvalue weighted by atomic mass is 10.1. The minimum absolute atomic E-state index is 0.188. The molecule has 0 atom stereocenters. The molecule has 3 N–H and O–H groups in total. The maximum atomic E-state index is 13.5. The quantitative estimate of drug-likeness (QED) is 0.778. The van der Waals surface area contributed by atoms with Gasteiger partial charge in [-0.3, -0.25) is 4.79 Å². The molecule has 0 spiro atoms. The van der Waals surface area contributed by atoms with E-state index in [0.717, 1.165) is 6.07 Å². The van der Waals surface area contributed by atoms with Crippen molar-refractivity contribution in [1.82, 2.24) is 5.32 Å². The summed E-state index contributed by atoms with van der Waals surface area (Å²) in [5, 5.41) is 3.14. The summed E-state index contributed by atoms with van der Waals surface area (Å²) in [5.74, 6) is -1.03. The third-order valence-electron chi connectivity index (χ3n) is 2.56. The summed E-state index contributed by atoms with van der Waals surface area (Å²) in [5.41, 5.74) is 5.76. The Kier molecular flexibility index (Phi) is 3.17. The standard InChI is InChI=1S/C11H13FN2O2/c12-10-3-7(11(13)15)1-2-8(10)4-14-9-5-16-6-9/h1-3,9,14H,4-6H2,(H2,13,15). The van der Waals surface area contributed by atoms with Gasteiger partial charge in [0.25, 0.3) is 0 Å². The average molecular weight is 224 g/mol. The predicted octanol–water partition coefficient (Wildman–Crippen LogP) is 0.413. The van der Waals surface area contributed by atoms with Gasteiger partial charge in [0.05, 0.1) is 19.3 Å². The molecule has 1 aromatic carbocycles. The van der Waals surface area contributed by atoms with Gasteiger partial charge in [0.15, 0.2) is 0 Å². The molecule has 5 heteroatoms. The van der Waals surface area contributed by atoms with Crippen molar-refractivity contribution in [2.75, 3.05) is 13.2 Å². The Morgan fingerprint density at radius 3 is 2.81 bits per heavy atom. The molecule has 1 amide bonds. The van der Waals surface area contributed by atoms with Gasteiger partial charge in [-0.05, 0) is 12.1 Å². The number of carbonyl (C=O) groups excluding carboxylic acids is 1. The molecule has 1 heterocycles. The van der Waals surface area contributed by atoms with Gasteiger partial charge in [-0.25, -0.2) is 4.39 Å². The monoisotopic (exact) mass is 224 g/mol. The Morgan fingerprint density at radius 1 is 1.56 bits per heavy atom. The highest BCUT2D eigenvalue weighted by Crippen LogP contribution is 2.11. The molecule has 0 unspecified atom stereocenters. The molecule has 1 fully saturated rings. The van der Waals surface area contributed by atoms with Crippen molar-refractivity contribution >= 4 is 5.91 Å². The Morgan fingerprint density at radius 2 is 2.31 bits per heavy atom. The van der Waals surface area contributed by atoms with Gasteiger partial charge < -0.3 is 15.8 Å². The van der Waals surface area contributed by atoms with E-state index in [1.807, 2.05) is 0 Å². The zero-order valence-electron chi connectivity index (χ0n) is 8.70. The van der Waals surface area contributed by atoms with E-state index in [0.29, 0.717) is 31.4 Å². The van der Waals surface area contributed by atoms with E-state index >= 15 is 0 Å². The van der Waals surface area contributed by atoms with Crippen molar-refractivity contribution in [3.05, 3.63) is 35.1 Å². The van der Waals surface area contributed by atoms with Crippen LogP contribution in [0.1, 0.15) is 15.9 Å². The molecule has 0 radical (unpaired) electrons. The summed E-state index contributed by atoms with van der Waals surface area (Å²) < 4.78 is 18.5. The van der Waals surface area contributed by atoms with E-state index in [1.54, 1.807) is 6.07 Å². The molecule has 1 aromatic rings. The molecule has 16 heavy (non-hydrogen) atoms. The highest BCUT2D eigenvalue weighted by atomic mass is 19.1. The van der Waals surface area contributed by atoms with Gasteiger partial charge in [-0.1, -0.05) is 6.07 Å². The van der Waals surface area contributed by atoms with Crippen LogP contribution in [0.15, 0.2) is 18.2 Å². The van der Waals surface area contributed by atoms with Crippen LogP contribution in [0.2, 0.25) is 0 Å². The third-order valence-corrected chi connectivity index (χ3v) is 2.56. The highest BCUT2D eigenvalue weighted by Gasteiger charge is 2.17. The second kappa shape index (κ2) is 4.59. The number of nitrogens with one attached hydrogen (secondary N) is 1. The molecular weight excluding hydrogens is 211 g/mol. The molecule has 2 rings (SSSR count). The molecule has 86 valence electrons. The van der Waals surface area contributed by atoms with Gasteiger partial charge in [-0.15, -0.1) is 0 Å². The predicted molar refractivity (Wildman–Crippen MR) is 56.4 cm³/mol. The zero-order chi connectivity index (χ0) is 11.5. The maximum absolute atomic E-state index is 13.5. The first-order valence-electron chi connectivity index (χ1n) is 5.06. The highest BCUT2D eigenvalue weighted by molar-refractivity contribution is 5.92. The number of rotatable bonds is 4. The van der Waals surface area contributed by atoms with Crippen molar-refractivity contribution < 1.29 is 13.9 Å². The Labute approximate surface area is 92.6 Å². The van der Waals surface area contributed by atoms with E-state index in [1.165, 1.54) is 6.07 Å². The smallest absolute Gasteiger partial charge is 0.248 e. The van der Waals surface area contributed by atoms with Crippen LogP contribution in [0.5, 0.6) is 0 Å². The zero-order valence-corrected chi connectivity index (χ0v) is 8.70. The lowest BCUT2D eigenvalue weighted by Gasteiger charge is -2.27. The fourth-order valence-electron chi connectivity index (χ4n) is 1.45. The van der Waals surface area contributed by atoms with Crippen molar-refractivity contribution in [2.45, 2.75) is 12.6 Å². The number of hydrogen-bond donors (Lipinski definition) is 2. The maximum Gasteiger partial charge on any atom is 0.248 e. The molecule has 1 saturated heterocycles. The number of primary amides is 1. The second-order valence-corrected chi connectivity index (χ2v) is 3.79. The minimum atomic E-state index is -0.620. The van der Waals surface area contributed by atoms with Gasteiger partial charge in [-0.2, -0.15) is 0 Å². The number of ether oxygens (including phenoxy) is 1. The van der Waals surface area contributed by atoms with E-state index in [-0.39, 0.29) is 5.56 Å². The number of carbonyl (C=O) groups is 1. The van der Waals surface area contributed by atoms with E-state index in [9.17, 15) is 9.18 Å². The van der Waals surface area contributed by atoms with Crippen molar-refractivity contribution in [3.8, 4) is 0 Å². The van der Waals surface area contributed by atoms with Crippen LogP contribution < -0.4 is 11.1 Å². The Balaban J connectivity index is 2.00. The van der Waals surface area contributed by atoms with Crippen LogP contribution in [0.3, 0.4) is 0 Å². The number of amides is 1. The number of hydrogen-bond acceptors (Lipinski definition) is 3. The first-order chi connectivity index (χ1) is 7.66. The number of halogens is 1. The van der Waals surface area contributed by atoms with Crippen LogP contribution in [0.4, 0.5) is 4.39 Å². The topological polar surface area (TPSA) is 64.4 Å². The van der Waals surface area contributed by atoms with Gasteiger partial charge in [0, 0.05) is 17.7 Å². The molecule has 0 bridgehead atoms. The summed E-state index contributed by atoms with van der Waals surface area (Å²) >= 11 is 0. The molecule has 0 aliphatic carbocycles. The SMILES string of the molecule is NC(=O)c1ccc(CNC2COC2)c(F)c1. The Hall–Kier alpha value is -1.46. The van der Waals surface area contributed by atoms with E-state index in [4.69, 9.17) is 10.5 Å². The third kappa shape index (κ3) is 2.37. The van der Waals surface area contributed by atoms with Crippen molar-refractivity contribution in [3.63, 3.8) is 0 Å². The van der Waals surface area contributed by atoms with Crippen LogP contribution in [-0.4, -0.2) is 25.2 Å². The Bertz CT molecular complexity index is 405. The van der Waals surface area contributed by atoms with Crippen LogP contribution in [0.25, 0.3) is 0 Å². The average Bonchev–Trinajstić information content (AvgIpc) is 2.17. The fraction of sp³-hybridized carbons (Fsp3) is 0.364. The molecule has 0 saturated carbocycles. The largest absolute Gasteiger partial charge is 0.378 e. The van der Waals surface area contributed by atoms with E-state index in [2.05, 4.69) is 5.32 Å². The molecular formula is C11H13FN2O2. The second-order valence-electron chi connectivity index (χ2n) is 3.79. The van der Waals surface area contributed by atoms with Gasteiger partial charge in [0.1, 0.15) is 5.82 Å². The van der Waals surface area contributed by atoms with Crippen LogP contribution in [0, 0.1) is 5.82 Å². The minimum Gasteiger partial charge on any atom is -0.378 e. The fourth-order valence-corrected chi connectivity index (χ4v) is 1.45. The van der Waals surface area contributed by atoms with E-state index < -0.39 is 11.7 Å². The van der Waals surface area contributed by atoms with Crippen LogP contribution in [-0.2, 0) is 11.3 Å². The number of nitrogens with two attached hydrogens (primary N) is 1. The molecule has 1 aliphatic heterocycles. The molecule has 4 nitrogen and oxygen atoms in total. The first kappa shape index (κ1) is 11.0. The van der Waals surface area contributed by atoms with Crippen molar-refractivity contribution in [1.29, 1.82) is 0 Å². The summed E-state index contributed by atoms with van der Waals surface area (Å²) in [6, 6.07) is 4.56. The normalized spacial score (nSPS) is 15.8. The molecule has 0 aromatic heterocycles. The lowest BCUT2D eigenvalue weighted by Crippen LogP contribution is -2.45. The molecule has 1 aliphatic rings. The summed E-state index contributed by atoms with van der Waals surface area (Å²) in [4.78, 5) is 10.8. The first-order valence-corrected chi connectivity index (χ1v) is 5.06. The van der Waals surface area contributed by atoms with Crippen molar-refractivity contribution in [2.24, 2.45) is 5.73 Å². The van der Waals surface area contributed by atoms with Gasteiger partial charge >= 0.3 is 0 Å².